The van der Waals surface area contributed by atoms with Crippen LogP contribution in [0.3, 0.4) is 0 Å². The summed E-state index contributed by atoms with van der Waals surface area (Å²) in [6.45, 7) is 2.52. The Balaban J connectivity index is 0.00000400. The zero-order chi connectivity index (χ0) is 14.8. The first kappa shape index (κ1) is 19.5. The first-order chi connectivity index (χ1) is 9.71. The SMILES string of the molecule is CCCCC(CN)NC(=O)COc1ccccc1OC.Cl. The van der Waals surface area contributed by atoms with Gasteiger partial charge in [-0.15, -0.1) is 12.4 Å². The van der Waals surface area contributed by atoms with E-state index in [9.17, 15) is 4.79 Å². The number of unbranched alkanes of at least 4 members (excludes halogenated alkanes) is 1. The van der Waals surface area contributed by atoms with E-state index in [2.05, 4.69) is 12.2 Å². The zero-order valence-corrected chi connectivity index (χ0v) is 13.4. The highest BCUT2D eigenvalue weighted by molar-refractivity contribution is 5.85. The van der Waals surface area contributed by atoms with Crippen molar-refractivity contribution in [2.75, 3.05) is 20.3 Å². The molecule has 1 aromatic carbocycles. The molecule has 0 aromatic heterocycles. The Morgan fingerprint density at radius 2 is 2.00 bits per heavy atom. The summed E-state index contributed by atoms with van der Waals surface area (Å²) in [5, 5.41) is 2.88. The summed E-state index contributed by atoms with van der Waals surface area (Å²) in [5.41, 5.74) is 5.64. The molecule has 0 heterocycles. The van der Waals surface area contributed by atoms with Gasteiger partial charge in [0.25, 0.3) is 5.91 Å². The fraction of sp³-hybridized carbons (Fsp3) is 0.533. The topological polar surface area (TPSA) is 73.6 Å². The fourth-order valence-electron chi connectivity index (χ4n) is 1.85. The Hall–Kier alpha value is -1.46. The molecule has 0 saturated heterocycles. The van der Waals surface area contributed by atoms with Gasteiger partial charge in [0.1, 0.15) is 0 Å². The number of benzene rings is 1. The van der Waals surface area contributed by atoms with Crippen LogP contribution in [0, 0.1) is 0 Å². The molecule has 5 nitrogen and oxygen atoms in total. The van der Waals surface area contributed by atoms with Gasteiger partial charge in [-0.2, -0.15) is 0 Å². The Morgan fingerprint density at radius 1 is 1.33 bits per heavy atom. The maximum atomic E-state index is 11.8. The number of carbonyl (C=O) groups is 1. The van der Waals surface area contributed by atoms with Crippen molar-refractivity contribution in [1.82, 2.24) is 5.32 Å². The first-order valence-corrected chi connectivity index (χ1v) is 6.96. The quantitative estimate of drug-likeness (QED) is 0.732. The normalized spacial score (nSPS) is 11.2. The van der Waals surface area contributed by atoms with Crippen molar-refractivity contribution in [3.63, 3.8) is 0 Å². The monoisotopic (exact) mass is 316 g/mol. The molecule has 0 fully saturated rings. The third-order valence-corrected chi connectivity index (χ3v) is 2.98. The molecule has 3 N–H and O–H groups in total. The molecule has 1 rings (SSSR count). The highest BCUT2D eigenvalue weighted by Gasteiger charge is 2.11. The predicted octanol–water partition coefficient (Wildman–Crippen LogP) is 2.13. The number of hydrogen-bond donors (Lipinski definition) is 2. The van der Waals surface area contributed by atoms with Gasteiger partial charge in [0.2, 0.25) is 0 Å². The average molecular weight is 317 g/mol. The minimum Gasteiger partial charge on any atom is -0.493 e. The lowest BCUT2D eigenvalue weighted by atomic mass is 10.1. The van der Waals surface area contributed by atoms with Gasteiger partial charge in [-0.25, -0.2) is 0 Å². The number of ether oxygens (including phenoxy) is 2. The molecule has 120 valence electrons. The van der Waals surface area contributed by atoms with E-state index in [4.69, 9.17) is 15.2 Å². The highest BCUT2D eigenvalue weighted by Crippen LogP contribution is 2.25. The molecule has 0 saturated carbocycles. The van der Waals surface area contributed by atoms with E-state index in [1.54, 1.807) is 19.2 Å². The number of para-hydroxylation sites is 2. The summed E-state index contributed by atoms with van der Waals surface area (Å²) in [6, 6.07) is 7.25. The van der Waals surface area contributed by atoms with Gasteiger partial charge < -0.3 is 20.5 Å². The number of amides is 1. The number of hydrogen-bond acceptors (Lipinski definition) is 4. The second-order valence-corrected chi connectivity index (χ2v) is 4.58. The van der Waals surface area contributed by atoms with Crippen LogP contribution in [0.25, 0.3) is 0 Å². The zero-order valence-electron chi connectivity index (χ0n) is 12.6. The molecule has 0 radical (unpaired) electrons. The second kappa shape index (κ2) is 11.2. The van der Waals surface area contributed by atoms with Gasteiger partial charge in [-0.3, -0.25) is 4.79 Å². The van der Waals surface area contributed by atoms with Crippen molar-refractivity contribution >= 4 is 18.3 Å². The van der Waals surface area contributed by atoms with Crippen LogP contribution < -0.4 is 20.5 Å². The Labute approximate surface area is 132 Å². The lowest BCUT2D eigenvalue weighted by Gasteiger charge is -2.17. The number of nitrogens with one attached hydrogen (secondary N) is 1. The average Bonchev–Trinajstić information content (AvgIpc) is 2.49. The molecule has 0 spiro atoms. The number of nitrogens with two attached hydrogens (primary N) is 1. The van der Waals surface area contributed by atoms with E-state index in [0.29, 0.717) is 18.0 Å². The van der Waals surface area contributed by atoms with E-state index >= 15 is 0 Å². The molecule has 6 heteroatoms. The van der Waals surface area contributed by atoms with Crippen LogP contribution in [0.15, 0.2) is 24.3 Å². The second-order valence-electron chi connectivity index (χ2n) is 4.58. The van der Waals surface area contributed by atoms with Crippen molar-refractivity contribution in [2.45, 2.75) is 32.2 Å². The Kier molecular flexibility index (Phi) is 10.4. The van der Waals surface area contributed by atoms with E-state index in [0.717, 1.165) is 19.3 Å². The van der Waals surface area contributed by atoms with E-state index < -0.39 is 0 Å². The van der Waals surface area contributed by atoms with Gasteiger partial charge in [0, 0.05) is 12.6 Å². The first-order valence-electron chi connectivity index (χ1n) is 6.96. The number of methoxy groups -OCH3 is 1. The van der Waals surface area contributed by atoms with Gasteiger partial charge in [-0.1, -0.05) is 31.9 Å². The maximum absolute atomic E-state index is 11.8. The number of halogens is 1. The van der Waals surface area contributed by atoms with E-state index in [1.165, 1.54) is 0 Å². The minimum absolute atomic E-state index is 0. The predicted molar refractivity (Wildman–Crippen MR) is 86.2 cm³/mol. The lowest BCUT2D eigenvalue weighted by Crippen LogP contribution is -2.42. The van der Waals surface area contributed by atoms with E-state index in [1.807, 2.05) is 12.1 Å². The maximum Gasteiger partial charge on any atom is 0.258 e. The number of carbonyl (C=O) groups excluding carboxylic acids is 1. The molecule has 0 aliphatic heterocycles. The van der Waals surface area contributed by atoms with Crippen LogP contribution in [0.5, 0.6) is 11.5 Å². The van der Waals surface area contributed by atoms with Crippen molar-refractivity contribution < 1.29 is 14.3 Å². The van der Waals surface area contributed by atoms with Crippen molar-refractivity contribution in [1.29, 1.82) is 0 Å². The molecular formula is C15H25ClN2O3. The van der Waals surface area contributed by atoms with Crippen molar-refractivity contribution in [3.8, 4) is 11.5 Å². The molecule has 0 aliphatic carbocycles. The van der Waals surface area contributed by atoms with Crippen LogP contribution in [0.1, 0.15) is 26.2 Å². The van der Waals surface area contributed by atoms with Crippen LogP contribution in [-0.2, 0) is 4.79 Å². The summed E-state index contributed by atoms with van der Waals surface area (Å²) in [7, 11) is 1.57. The standard InChI is InChI=1S/C15H24N2O3.ClH/c1-3-4-7-12(10-16)17-15(18)11-20-14-9-6-5-8-13(14)19-2;/h5-6,8-9,12H,3-4,7,10-11,16H2,1-2H3,(H,17,18);1H. The third-order valence-electron chi connectivity index (χ3n) is 2.98. The Morgan fingerprint density at radius 3 is 2.57 bits per heavy atom. The molecule has 1 unspecified atom stereocenters. The van der Waals surface area contributed by atoms with Crippen molar-refractivity contribution in [3.05, 3.63) is 24.3 Å². The lowest BCUT2D eigenvalue weighted by molar-refractivity contribution is -0.123. The highest BCUT2D eigenvalue weighted by atomic mass is 35.5. The minimum atomic E-state index is -0.164. The molecule has 0 aliphatic rings. The van der Waals surface area contributed by atoms with Gasteiger partial charge in [-0.05, 0) is 18.6 Å². The molecule has 21 heavy (non-hydrogen) atoms. The summed E-state index contributed by atoms with van der Waals surface area (Å²) in [4.78, 5) is 11.8. The Bertz CT molecular complexity index is 416. The summed E-state index contributed by atoms with van der Waals surface area (Å²) in [5.74, 6) is 1.01. The largest absolute Gasteiger partial charge is 0.493 e. The van der Waals surface area contributed by atoms with E-state index in [-0.39, 0.29) is 31.0 Å². The van der Waals surface area contributed by atoms with Crippen LogP contribution in [0.4, 0.5) is 0 Å². The number of rotatable bonds is 9. The summed E-state index contributed by atoms with van der Waals surface area (Å²) >= 11 is 0. The molecule has 1 amide bonds. The molecule has 1 aromatic rings. The summed E-state index contributed by atoms with van der Waals surface area (Å²) in [6.07, 6.45) is 3.03. The summed E-state index contributed by atoms with van der Waals surface area (Å²) < 4.78 is 10.6. The van der Waals surface area contributed by atoms with Gasteiger partial charge in [0.15, 0.2) is 18.1 Å². The van der Waals surface area contributed by atoms with Crippen LogP contribution in [-0.4, -0.2) is 32.2 Å². The van der Waals surface area contributed by atoms with Crippen LogP contribution >= 0.6 is 12.4 Å². The fourth-order valence-corrected chi connectivity index (χ4v) is 1.85. The molecular weight excluding hydrogens is 292 g/mol. The smallest absolute Gasteiger partial charge is 0.258 e. The molecule has 1 atom stereocenters. The third kappa shape index (κ3) is 7.20. The molecule has 0 bridgehead atoms. The van der Waals surface area contributed by atoms with Gasteiger partial charge >= 0.3 is 0 Å². The van der Waals surface area contributed by atoms with Crippen LogP contribution in [0.2, 0.25) is 0 Å². The van der Waals surface area contributed by atoms with Crippen molar-refractivity contribution in [2.24, 2.45) is 5.73 Å². The van der Waals surface area contributed by atoms with Gasteiger partial charge in [0.05, 0.1) is 7.11 Å².